The number of hydrogen-bond donors (Lipinski definition) is 0. The molecule has 1 unspecified atom stereocenters. The van der Waals surface area contributed by atoms with Gasteiger partial charge in [0.05, 0.1) is 10.7 Å². The van der Waals surface area contributed by atoms with E-state index in [1.165, 1.54) is 32.4 Å². The molecule has 1 aromatic heterocycles. The number of carbonyl (C=O) groups excluding carboxylic acids is 1. The first-order chi connectivity index (χ1) is 14.0. The second-order valence-electron chi connectivity index (χ2n) is 8.59. The fourth-order valence-electron chi connectivity index (χ4n) is 4.48. The fourth-order valence-corrected chi connectivity index (χ4v) is 4.70. The second-order valence-corrected chi connectivity index (χ2v) is 9.00. The Hall–Kier alpha value is -1.92. The summed E-state index contributed by atoms with van der Waals surface area (Å²) in [5, 5.41) is 5.08. The number of para-hydroxylation sites is 1. The number of piperidine rings is 2. The lowest BCUT2D eigenvalue weighted by Gasteiger charge is -2.37. The average molecular weight is 416 g/mol. The molecule has 0 spiro atoms. The van der Waals surface area contributed by atoms with Crippen LogP contribution in [0.1, 0.15) is 49.1 Å². The molecule has 3 heterocycles. The van der Waals surface area contributed by atoms with Crippen LogP contribution in [0, 0.1) is 18.8 Å². The van der Waals surface area contributed by atoms with E-state index >= 15 is 0 Å². The number of aromatic nitrogens is 3. The van der Waals surface area contributed by atoms with Gasteiger partial charge in [-0.05, 0) is 69.7 Å². The number of rotatable bonds is 4. The zero-order chi connectivity index (χ0) is 20.4. The summed E-state index contributed by atoms with van der Waals surface area (Å²) >= 11 is 6.30. The summed E-state index contributed by atoms with van der Waals surface area (Å²) in [5.74, 6) is 2.23. The maximum Gasteiger partial charge on any atom is 0.293 e. The van der Waals surface area contributed by atoms with Crippen molar-refractivity contribution in [3.05, 3.63) is 40.9 Å². The van der Waals surface area contributed by atoms with Gasteiger partial charge in [0.1, 0.15) is 5.82 Å². The second kappa shape index (κ2) is 8.84. The third kappa shape index (κ3) is 4.64. The predicted octanol–water partition coefficient (Wildman–Crippen LogP) is 3.81. The van der Waals surface area contributed by atoms with Gasteiger partial charge >= 0.3 is 0 Å². The lowest BCUT2D eigenvalue weighted by atomic mass is 9.94. The van der Waals surface area contributed by atoms with E-state index in [2.05, 4.69) is 21.9 Å². The highest BCUT2D eigenvalue weighted by atomic mass is 35.5. The molecule has 156 valence electrons. The molecule has 0 N–H and O–H groups in total. The largest absolute Gasteiger partial charge is 0.336 e. The van der Waals surface area contributed by atoms with Gasteiger partial charge in [-0.1, -0.05) is 30.7 Å². The van der Waals surface area contributed by atoms with Crippen LogP contribution >= 0.6 is 11.6 Å². The lowest BCUT2D eigenvalue weighted by molar-refractivity contribution is 0.0610. The molecule has 1 atom stereocenters. The molecular formula is C22H30ClN5O. The fraction of sp³-hybridized carbons (Fsp3) is 0.591. The van der Waals surface area contributed by atoms with Crippen LogP contribution in [0.2, 0.25) is 5.02 Å². The number of nitrogens with zero attached hydrogens (tertiary/aromatic N) is 5. The zero-order valence-electron chi connectivity index (χ0n) is 17.4. The molecule has 2 aromatic rings. The van der Waals surface area contributed by atoms with Crippen LogP contribution in [0.4, 0.5) is 0 Å². The number of halogens is 1. The van der Waals surface area contributed by atoms with Crippen molar-refractivity contribution in [1.29, 1.82) is 0 Å². The molecule has 0 bridgehead atoms. The minimum atomic E-state index is -0.0733. The number of benzene rings is 1. The van der Waals surface area contributed by atoms with Crippen molar-refractivity contribution in [2.24, 2.45) is 11.8 Å². The Kier molecular flexibility index (Phi) is 6.20. The van der Waals surface area contributed by atoms with Crippen molar-refractivity contribution < 1.29 is 4.79 Å². The summed E-state index contributed by atoms with van der Waals surface area (Å²) in [5.41, 5.74) is 0.745. The maximum atomic E-state index is 13.1. The molecule has 0 saturated carbocycles. The van der Waals surface area contributed by atoms with Crippen LogP contribution in [0.3, 0.4) is 0 Å². The molecule has 29 heavy (non-hydrogen) atoms. The zero-order valence-corrected chi connectivity index (χ0v) is 18.1. The van der Waals surface area contributed by atoms with E-state index in [4.69, 9.17) is 11.6 Å². The van der Waals surface area contributed by atoms with E-state index in [-0.39, 0.29) is 11.7 Å². The molecular weight excluding hydrogens is 386 g/mol. The smallest absolute Gasteiger partial charge is 0.293 e. The summed E-state index contributed by atoms with van der Waals surface area (Å²) in [6, 6.07) is 7.48. The standard InChI is InChI=1S/C22H30ClN5O/c1-16-9-12-26(13-10-16)14-18-6-5-11-27(15-18)22(29)21-24-17(2)28(25-21)20-8-4-3-7-19(20)23/h3-4,7-8,16,18H,5-6,9-15H2,1-2H3. The molecule has 1 aromatic carbocycles. The Morgan fingerprint density at radius 2 is 1.93 bits per heavy atom. The number of aryl methyl sites for hydroxylation is 1. The third-order valence-electron chi connectivity index (χ3n) is 6.24. The van der Waals surface area contributed by atoms with E-state index in [0.29, 0.717) is 16.8 Å². The van der Waals surface area contributed by atoms with Crippen molar-refractivity contribution in [2.75, 3.05) is 32.7 Å². The van der Waals surface area contributed by atoms with E-state index in [1.54, 1.807) is 4.68 Å². The Labute approximate surface area is 177 Å². The molecule has 6 nitrogen and oxygen atoms in total. The van der Waals surface area contributed by atoms with Crippen LogP contribution < -0.4 is 0 Å². The SMILES string of the molecule is Cc1nc(C(=O)N2CCCC(CN3CCC(C)CC3)C2)nn1-c1ccccc1Cl. The summed E-state index contributed by atoms with van der Waals surface area (Å²) < 4.78 is 1.66. The third-order valence-corrected chi connectivity index (χ3v) is 6.56. The number of amides is 1. The topological polar surface area (TPSA) is 54.3 Å². The van der Waals surface area contributed by atoms with Crippen LogP contribution in [0.25, 0.3) is 5.69 Å². The first-order valence-electron chi connectivity index (χ1n) is 10.7. The van der Waals surface area contributed by atoms with E-state index in [1.807, 2.05) is 36.1 Å². The molecule has 4 rings (SSSR count). The summed E-state index contributed by atoms with van der Waals surface area (Å²) in [6.45, 7) is 9.25. The Bertz CT molecular complexity index is 859. The minimum Gasteiger partial charge on any atom is -0.336 e. The number of likely N-dealkylation sites (tertiary alicyclic amines) is 2. The Morgan fingerprint density at radius 3 is 2.69 bits per heavy atom. The van der Waals surface area contributed by atoms with Crippen molar-refractivity contribution in [3.8, 4) is 5.69 Å². The lowest BCUT2D eigenvalue weighted by Crippen LogP contribution is -2.45. The summed E-state index contributed by atoms with van der Waals surface area (Å²) in [7, 11) is 0. The first kappa shape index (κ1) is 20.4. The normalized spacial score (nSPS) is 21.5. The van der Waals surface area contributed by atoms with Crippen LogP contribution in [-0.4, -0.2) is 63.2 Å². The van der Waals surface area contributed by atoms with Gasteiger partial charge in [0.25, 0.3) is 5.91 Å². The molecule has 0 radical (unpaired) electrons. The molecule has 2 fully saturated rings. The number of hydrogen-bond acceptors (Lipinski definition) is 4. The van der Waals surface area contributed by atoms with Crippen molar-refractivity contribution in [1.82, 2.24) is 24.6 Å². The van der Waals surface area contributed by atoms with Crippen LogP contribution in [-0.2, 0) is 0 Å². The first-order valence-corrected chi connectivity index (χ1v) is 11.1. The van der Waals surface area contributed by atoms with Crippen LogP contribution in [0.5, 0.6) is 0 Å². The molecule has 1 amide bonds. The van der Waals surface area contributed by atoms with Gasteiger partial charge in [-0.3, -0.25) is 4.79 Å². The monoisotopic (exact) mass is 415 g/mol. The highest BCUT2D eigenvalue weighted by Crippen LogP contribution is 2.24. The van der Waals surface area contributed by atoms with Gasteiger partial charge in [-0.2, -0.15) is 0 Å². The van der Waals surface area contributed by atoms with E-state index in [9.17, 15) is 4.79 Å². The van der Waals surface area contributed by atoms with Gasteiger partial charge in [-0.25, -0.2) is 9.67 Å². The van der Waals surface area contributed by atoms with Crippen molar-refractivity contribution in [3.63, 3.8) is 0 Å². The number of carbonyl (C=O) groups is 1. The molecule has 2 aliphatic rings. The molecule has 7 heteroatoms. The van der Waals surface area contributed by atoms with Gasteiger partial charge in [0.2, 0.25) is 5.82 Å². The van der Waals surface area contributed by atoms with E-state index < -0.39 is 0 Å². The average Bonchev–Trinajstić information content (AvgIpc) is 3.11. The molecule has 2 aliphatic heterocycles. The molecule has 2 saturated heterocycles. The van der Waals surface area contributed by atoms with Crippen molar-refractivity contribution >= 4 is 17.5 Å². The quantitative estimate of drug-likeness (QED) is 0.761. The predicted molar refractivity (Wildman–Crippen MR) is 115 cm³/mol. The van der Waals surface area contributed by atoms with Gasteiger partial charge in [0.15, 0.2) is 0 Å². The van der Waals surface area contributed by atoms with Gasteiger partial charge in [0, 0.05) is 19.6 Å². The van der Waals surface area contributed by atoms with Crippen molar-refractivity contribution in [2.45, 2.75) is 39.5 Å². The van der Waals surface area contributed by atoms with E-state index in [0.717, 1.165) is 37.7 Å². The summed E-state index contributed by atoms with van der Waals surface area (Å²) in [4.78, 5) is 22.1. The van der Waals surface area contributed by atoms with Gasteiger partial charge < -0.3 is 9.80 Å². The highest BCUT2D eigenvalue weighted by Gasteiger charge is 2.29. The van der Waals surface area contributed by atoms with Gasteiger partial charge in [-0.15, -0.1) is 5.10 Å². The summed E-state index contributed by atoms with van der Waals surface area (Å²) in [6.07, 6.45) is 4.82. The Balaban J connectivity index is 1.43. The minimum absolute atomic E-state index is 0.0733. The molecule has 0 aliphatic carbocycles. The Morgan fingerprint density at radius 1 is 1.17 bits per heavy atom. The maximum absolute atomic E-state index is 13.1. The highest BCUT2D eigenvalue weighted by molar-refractivity contribution is 6.32. The van der Waals surface area contributed by atoms with Crippen LogP contribution in [0.15, 0.2) is 24.3 Å².